The molecule has 0 radical (unpaired) electrons. The van der Waals surface area contributed by atoms with E-state index in [1.807, 2.05) is 60.8 Å². The first-order valence-electron chi connectivity index (χ1n) is 10.2. The molecule has 0 unspecified atom stereocenters. The third kappa shape index (κ3) is 3.27. The Morgan fingerprint density at radius 1 is 0.710 bits per heavy atom. The lowest BCUT2D eigenvalue weighted by atomic mass is 9.77. The molecule has 0 spiro atoms. The summed E-state index contributed by atoms with van der Waals surface area (Å²) in [7, 11) is 0. The molecule has 0 bridgehead atoms. The molecule has 0 saturated carbocycles. The minimum atomic E-state index is -0.934. The summed E-state index contributed by atoms with van der Waals surface area (Å²) in [5.41, 5.74) is 3.18. The molecule has 5 rings (SSSR count). The second-order valence-corrected chi connectivity index (χ2v) is 7.43. The predicted octanol–water partition coefficient (Wildman–Crippen LogP) is 5.40. The smallest absolute Gasteiger partial charge is 0.155 e. The molecular formula is C27H22N2O2. The number of hydrogen-bond donors (Lipinski definition) is 1. The van der Waals surface area contributed by atoms with E-state index in [0.29, 0.717) is 11.5 Å². The zero-order chi connectivity index (χ0) is 21.1. The highest BCUT2D eigenvalue weighted by Crippen LogP contribution is 2.41. The number of aliphatic hydroxyl groups is 1. The molecule has 0 amide bonds. The third-order valence-electron chi connectivity index (χ3n) is 5.66. The van der Waals surface area contributed by atoms with Gasteiger partial charge in [0.15, 0.2) is 6.10 Å². The highest BCUT2D eigenvalue weighted by Gasteiger charge is 2.38. The van der Waals surface area contributed by atoms with Crippen LogP contribution in [0.2, 0.25) is 0 Å². The van der Waals surface area contributed by atoms with Gasteiger partial charge in [-0.1, -0.05) is 91.0 Å². The third-order valence-corrected chi connectivity index (χ3v) is 5.66. The maximum Gasteiger partial charge on any atom is 0.155 e. The fourth-order valence-electron chi connectivity index (χ4n) is 4.24. The monoisotopic (exact) mass is 406 g/mol. The van der Waals surface area contributed by atoms with Gasteiger partial charge in [-0.05, 0) is 28.8 Å². The van der Waals surface area contributed by atoms with Crippen LogP contribution in [0.3, 0.4) is 0 Å². The SMILES string of the molecule is O[C@H](c1cn(C(c2ccccc2)(c2ccccc2)c2ccccc2)cn1)c1ccco1. The van der Waals surface area contributed by atoms with Crippen molar-refractivity contribution in [3.8, 4) is 0 Å². The number of imidazole rings is 1. The second kappa shape index (κ2) is 8.09. The van der Waals surface area contributed by atoms with E-state index < -0.39 is 11.6 Å². The molecule has 31 heavy (non-hydrogen) atoms. The van der Waals surface area contributed by atoms with E-state index in [1.165, 1.54) is 0 Å². The summed E-state index contributed by atoms with van der Waals surface area (Å²) in [6.45, 7) is 0. The lowest BCUT2D eigenvalue weighted by molar-refractivity contribution is 0.185. The number of hydrogen-bond acceptors (Lipinski definition) is 3. The summed E-state index contributed by atoms with van der Waals surface area (Å²) in [5.74, 6) is 0.468. The molecule has 3 aromatic carbocycles. The first kappa shape index (κ1) is 19.1. The van der Waals surface area contributed by atoms with Gasteiger partial charge in [-0.2, -0.15) is 0 Å². The van der Waals surface area contributed by atoms with Crippen LogP contribution >= 0.6 is 0 Å². The quantitative estimate of drug-likeness (QED) is 0.384. The standard InChI is InChI=1S/C27H22N2O2/c30-26(25-17-10-18-31-25)24-19-29(20-28-24)27(21-11-4-1-5-12-21,22-13-6-2-7-14-22)23-15-8-3-9-16-23/h1-20,26,30H/t26-/m1/s1. The molecule has 0 fully saturated rings. The summed E-state index contributed by atoms with van der Waals surface area (Å²) < 4.78 is 7.48. The van der Waals surface area contributed by atoms with Crippen LogP contribution in [0.1, 0.15) is 34.2 Å². The van der Waals surface area contributed by atoms with Crippen LogP contribution < -0.4 is 0 Å². The van der Waals surface area contributed by atoms with Crippen molar-refractivity contribution in [1.29, 1.82) is 0 Å². The first-order chi connectivity index (χ1) is 15.3. The van der Waals surface area contributed by atoms with Crippen LogP contribution in [0.15, 0.2) is 126 Å². The zero-order valence-corrected chi connectivity index (χ0v) is 16.9. The van der Waals surface area contributed by atoms with Gasteiger partial charge in [-0.25, -0.2) is 4.98 Å². The zero-order valence-electron chi connectivity index (χ0n) is 16.9. The Balaban J connectivity index is 1.77. The lowest BCUT2D eigenvalue weighted by Crippen LogP contribution is -2.37. The Morgan fingerprint density at radius 3 is 1.68 bits per heavy atom. The maximum atomic E-state index is 10.8. The normalized spacial score (nSPS) is 12.5. The van der Waals surface area contributed by atoms with Crippen molar-refractivity contribution in [1.82, 2.24) is 9.55 Å². The second-order valence-electron chi connectivity index (χ2n) is 7.43. The fraction of sp³-hybridized carbons (Fsp3) is 0.0741. The Morgan fingerprint density at radius 2 is 1.23 bits per heavy atom. The molecular weight excluding hydrogens is 384 g/mol. The van der Waals surface area contributed by atoms with Gasteiger partial charge in [-0.3, -0.25) is 0 Å². The Labute approximate surface area is 181 Å². The highest BCUT2D eigenvalue weighted by molar-refractivity contribution is 5.50. The number of aliphatic hydroxyl groups excluding tert-OH is 1. The van der Waals surface area contributed by atoms with Gasteiger partial charge >= 0.3 is 0 Å². The van der Waals surface area contributed by atoms with Crippen LogP contribution in [0.25, 0.3) is 0 Å². The molecule has 1 N–H and O–H groups in total. The van der Waals surface area contributed by atoms with Gasteiger partial charge in [0, 0.05) is 6.20 Å². The largest absolute Gasteiger partial charge is 0.466 e. The van der Waals surface area contributed by atoms with Crippen molar-refractivity contribution >= 4 is 0 Å². The lowest BCUT2D eigenvalue weighted by Gasteiger charge is -2.37. The summed E-state index contributed by atoms with van der Waals surface area (Å²) in [6, 6.07) is 34.6. The van der Waals surface area contributed by atoms with Crippen molar-refractivity contribution in [3.63, 3.8) is 0 Å². The first-order valence-corrected chi connectivity index (χ1v) is 10.2. The summed E-state index contributed by atoms with van der Waals surface area (Å²) in [5, 5.41) is 10.8. The molecule has 2 heterocycles. The minimum absolute atomic E-state index is 0.468. The van der Waals surface area contributed by atoms with Crippen molar-refractivity contribution < 1.29 is 9.52 Å². The van der Waals surface area contributed by atoms with Crippen LogP contribution in [0.5, 0.6) is 0 Å². The van der Waals surface area contributed by atoms with Crippen molar-refractivity contribution in [2.45, 2.75) is 11.6 Å². The molecule has 5 aromatic rings. The molecule has 0 aliphatic rings. The van der Waals surface area contributed by atoms with Gasteiger partial charge in [0.25, 0.3) is 0 Å². The topological polar surface area (TPSA) is 51.2 Å². The number of aromatic nitrogens is 2. The average molecular weight is 406 g/mol. The Bertz CT molecular complexity index is 1130. The molecule has 2 aromatic heterocycles. The van der Waals surface area contributed by atoms with Gasteiger partial charge in [0.05, 0.1) is 18.3 Å². The van der Waals surface area contributed by atoms with E-state index in [0.717, 1.165) is 16.7 Å². The van der Waals surface area contributed by atoms with Crippen LogP contribution in [-0.2, 0) is 5.54 Å². The highest BCUT2D eigenvalue weighted by atomic mass is 16.4. The average Bonchev–Trinajstić information content (AvgIpc) is 3.55. The summed E-state index contributed by atoms with van der Waals surface area (Å²) >= 11 is 0. The minimum Gasteiger partial charge on any atom is -0.466 e. The van der Waals surface area contributed by atoms with Gasteiger partial charge in [-0.15, -0.1) is 0 Å². The Hall–Kier alpha value is -3.89. The Kier molecular flexibility index (Phi) is 4.98. The fourth-order valence-corrected chi connectivity index (χ4v) is 4.24. The van der Waals surface area contributed by atoms with E-state index >= 15 is 0 Å². The van der Waals surface area contributed by atoms with Crippen molar-refractivity contribution in [2.75, 3.05) is 0 Å². The van der Waals surface area contributed by atoms with Crippen LogP contribution in [0, 0.1) is 0 Å². The predicted molar refractivity (Wildman–Crippen MR) is 120 cm³/mol. The molecule has 4 heteroatoms. The molecule has 0 aliphatic heterocycles. The number of benzene rings is 3. The molecule has 0 saturated heterocycles. The number of rotatable bonds is 6. The van der Waals surface area contributed by atoms with E-state index in [1.54, 1.807) is 24.7 Å². The van der Waals surface area contributed by atoms with Gasteiger partial charge in [0.2, 0.25) is 0 Å². The van der Waals surface area contributed by atoms with E-state index in [4.69, 9.17) is 4.42 Å². The summed E-state index contributed by atoms with van der Waals surface area (Å²) in [4.78, 5) is 4.57. The number of nitrogens with zero attached hydrogens (tertiary/aromatic N) is 2. The van der Waals surface area contributed by atoms with E-state index in [9.17, 15) is 5.11 Å². The maximum absolute atomic E-state index is 10.8. The van der Waals surface area contributed by atoms with Crippen molar-refractivity contribution in [3.05, 3.63) is 150 Å². The van der Waals surface area contributed by atoms with Crippen LogP contribution in [0.4, 0.5) is 0 Å². The molecule has 1 atom stereocenters. The van der Waals surface area contributed by atoms with Gasteiger partial charge < -0.3 is 14.1 Å². The van der Waals surface area contributed by atoms with E-state index in [-0.39, 0.29) is 0 Å². The van der Waals surface area contributed by atoms with E-state index in [2.05, 4.69) is 45.9 Å². The molecule has 152 valence electrons. The number of furan rings is 1. The van der Waals surface area contributed by atoms with Crippen molar-refractivity contribution in [2.24, 2.45) is 0 Å². The molecule has 4 nitrogen and oxygen atoms in total. The summed E-state index contributed by atoms with van der Waals surface area (Å²) in [6.07, 6.45) is 4.31. The molecule has 0 aliphatic carbocycles. The van der Waals surface area contributed by atoms with Gasteiger partial charge in [0.1, 0.15) is 11.3 Å². The van der Waals surface area contributed by atoms with Crippen LogP contribution in [-0.4, -0.2) is 14.7 Å².